The van der Waals surface area contributed by atoms with Crippen molar-refractivity contribution in [3.05, 3.63) is 54.1 Å². The number of piperidine rings is 1. The van der Waals surface area contributed by atoms with E-state index in [4.69, 9.17) is 0 Å². The summed E-state index contributed by atoms with van der Waals surface area (Å²) < 4.78 is 54.1. The minimum atomic E-state index is -3.60. The van der Waals surface area contributed by atoms with Crippen molar-refractivity contribution in [1.29, 1.82) is 0 Å². The zero-order valence-electron chi connectivity index (χ0n) is 18.1. The van der Waals surface area contributed by atoms with Crippen molar-refractivity contribution >= 4 is 33.2 Å². The second-order valence-corrected chi connectivity index (χ2v) is 10.5. The van der Waals surface area contributed by atoms with Crippen LogP contribution in [0.2, 0.25) is 0 Å². The fraction of sp³-hybridized carbons (Fsp3) is 0.391. The van der Waals surface area contributed by atoms with Gasteiger partial charge in [-0.05, 0) is 55.2 Å². The molecule has 7 nitrogen and oxygen atoms in total. The maximum Gasteiger partial charge on any atom is 0.243 e. The van der Waals surface area contributed by atoms with Crippen LogP contribution in [0.15, 0.2) is 47.4 Å². The summed E-state index contributed by atoms with van der Waals surface area (Å²) in [5, 5.41) is 2.40. The Balaban J connectivity index is 1.43. The molecule has 0 saturated carbocycles. The van der Waals surface area contributed by atoms with Crippen LogP contribution in [-0.2, 0) is 19.6 Å². The quantitative estimate of drug-likeness (QED) is 0.715. The first-order valence-corrected chi connectivity index (χ1v) is 12.3. The molecule has 2 fully saturated rings. The first kappa shape index (κ1) is 23.3. The maximum atomic E-state index is 13.8. The molecule has 0 spiro atoms. The van der Waals surface area contributed by atoms with E-state index in [1.807, 2.05) is 0 Å². The minimum Gasteiger partial charge on any atom is -0.323 e. The zero-order valence-corrected chi connectivity index (χ0v) is 18.9. The van der Waals surface area contributed by atoms with E-state index in [0.29, 0.717) is 30.8 Å². The van der Waals surface area contributed by atoms with Crippen molar-refractivity contribution in [2.75, 3.05) is 29.9 Å². The molecule has 1 atom stereocenters. The van der Waals surface area contributed by atoms with E-state index in [1.165, 1.54) is 21.3 Å². The summed E-state index contributed by atoms with van der Waals surface area (Å²) in [7, 11) is -3.60. The SMILES string of the molecule is CC1CCN(S(=O)(=O)c2ccc(N3C[C@@H](C(=O)Nc4ccc(F)cc4F)CC3=O)cc2)CC1. The lowest BCUT2D eigenvalue weighted by Gasteiger charge is -2.29. The normalized spacial score (nSPS) is 20.3. The fourth-order valence-corrected chi connectivity index (χ4v) is 5.60. The first-order chi connectivity index (χ1) is 15.6. The van der Waals surface area contributed by atoms with Crippen LogP contribution < -0.4 is 10.2 Å². The Hall–Kier alpha value is -2.85. The van der Waals surface area contributed by atoms with Crippen LogP contribution in [0.25, 0.3) is 0 Å². The van der Waals surface area contributed by atoms with Gasteiger partial charge in [0.25, 0.3) is 0 Å². The summed E-state index contributed by atoms with van der Waals surface area (Å²) in [6.45, 7) is 3.15. The maximum absolute atomic E-state index is 13.8. The topological polar surface area (TPSA) is 86.8 Å². The van der Waals surface area contributed by atoms with Crippen LogP contribution in [0, 0.1) is 23.5 Å². The molecule has 2 aliphatic rings. The highest BCUT2D eigenvalue weighted by Gasteiger charge is 2.36. The van der Waals surface area contributed by atoms with E-state index in [1.54, 1.807) is 12.1 Å². The predicted molar refractivity (Wildman–Crippen MR) is 119 cm³/mol. The lowest BCUT2D eigenvalue weighted by molar-refractivity contribution is -0.122. The van der Waals surface area contributed by atoms with Gasteiger partial charge >= 0.3 is 0 Å². The van der Waals surface area contributed by atoms with Gasteiger partial charge in [-0.1, -0.05) is 6.92 Å². The number of amides is 2. The fourth-order valence-electron chi connectivity index (χ4n) is 4.13. The van der Waals surface area contributed by atoms with Gasteiger partial charge in [-0.15, -0.1) is 0 Å². The molecule has 2 aliphatic heterocycles. The molecule has 0 bridgehead atoms. The molecule has 0 unspecified atom stereocenters. The highest BCUT2D eigenvalue weighted by molar-refractivity contribution is 7.89. The van der Waals surface area contributed by atoms with Crippen LogP contribution in [0.3, 0.4) is 0 Å². The van der Waals surface area contributed by atoms with Gasteiger partial charge in [0.2, 0.25) is 21.8 Å². The molecule has 0 aliphatic carbocycles. The van der Waals surface area contributed by atoms with Gasteiger partial charge in [0.15, 0.2) is 0 Å². The largest absolute Gasteiger partial charge is 0.323 e. The van der Waals surface area contributed by atoms with Gasteiger partial charge < -0.3 is 10.2 Å². The lowest BCUT2D eigenvalue weighted by Crippen LogP contribution is -2.37. The number of carbonyl (C=O) groups excluding carboxylic acids is 2. The highest BCUT2D eigenvalue weighted by Crippen LogP contribution is 2.29. The van der Waals surface area contributed by atoms with E-state index in [9.17, 15) is 26.8 Å². The molecule has 2 heterocycles. The summed E-state index contributed by atoms with van der Waals surface area (Å²) in [4.78, 5) is 26.6. The number of hydrogen-bond acceptors (Lipinski definition) is 4. The molecule has 1 N–H and O–H groups in total. The van der Waals surface area contributed by atoms with E-state index >= 15 is 0 Å². The van der Waals surface area contributed by atoms with Crippen molar-refractivity contribution in [3.8, 4) is 0 Å². The van der Waals surface area contributed by atoms with Gasteiger partial charge in [-0.2, -0.15) is 4.31 Å². The Kier molecular flexibility index (Phi) is 6.49. The zero-order chi connectivity index (χ0) is 23.8. The first-order valence-electron chi connectivity index (χ1n) is 10.8. The third kappa shape index (κ3) is 4.91. The molecular weight excluding hydrogens is 452 g/mol. The molecule has 2 aromatic carbocycles. The number of nitrogens with one attached hydrogen (secondary N) is 1. The lowest BCUT2D eigenvalue weighted by atomic mass is 10.0. The van der Waals surface area contributed by atoms with E-state index in [-0.39, 0.29) is 29.5 Å². The predicted octanol–water partition coefficient (Wildman–Crippen LogP) is 3.38. The molecule has 2 amide bonds. The number of hydrogen-bond donors (Lipinski definition) is 1. The standard InChI is InChI=1S/C23H25F2N3O4S/c1-15-8-10-27(11-9-15)33(31,32)19-5-3-18(4-6-19)28-14-16(12-22(28)29)23(30)26-21-7-2-17(24)13-20(21)25/h2-7,13,15-16H,8-12,14H2,1H3,(H,26,30)/t16-/m0/s1. The average Bonchev–Trinajstić information content (AvgIpc) is 3.18. The molecule has 2 saturated heterocycles. The molecule has 2 aromatic rings. The van der Waals surface area contributed by atoms with Gasteiger partial charge in [-0.3, -0.25) is 9.59 Å². The van der Waals surface area contributed by atoms with Crippen LogP contribution in [0.4, 0.5) is 20.2 Å². The van der Waals surface area contributed by atoms with Gasteiger partial charge in [-0.25, -0.2) is 17.2 Å². The van der Waals surface area contributed by atoms with Crippen LogP contribution >= 0.6 is 0 Å². The summed E-state index contributed by atoms with van der Waals surface area (Å²) in [6, 6.07) is 8.87. The molecule has 176 valence electrons. The highest BCUT2D eigenvalue weighted by atomic mass is 32.2. The number of sulfonamides is 1. The van der Waals surface area contributed by atoms with Crippen LogP contribution in [0.1, 0.15) is 26.2 Å². The van der Waals surface area contributed by atoms with Crippen molar-refractivity contribution in [2.24, 2.45) is 11.8 Å². The molecule has 0 radical (unpaired) electrons. The number of rotatable bonds is 5. The number of benzene rings is 2. The number of carbonyl (C=O) groups is 2. The minimum absolute atomic E-state index is 0.0688. The second-order valence-electron chi connectivity index (χ2n) is 8.60. The monoisotopic (exact) mass is 477 g/mol. The molecule has 4 rings (SSSR count). The van der Waals surface area contributed by atoms with Crippen molar-refractivity contribution in [3.63, 3.8) is 0 Å². The van der Waals surface area contributed by atoms with Crippen molar-refractivity contribution in [2.45, 2.75) is 31.1 Å². The molecule has 0 aromatic heterocycles. The van der Waals surface area contributed by atoms with Crippen LogP contribution in [-0.4, -0.2) is 44.2 Å². The molecule has 33 heavy (non-hydrogen) atoms. The Morgan fingerprint density at radius 2 is 1.73 bits per heavy atom. The van der Waals surface area contributed by atoms with Crippen molar-refractivity contribution in [1.82, 2.24) is 4.31 Å². The Morgan fingerprint density at radius 1 is 1.06 bits per heavy atom. The third-order valence-electron chi connectivity index (χ3n) is 6.21. The molecular formula is C23H25F2N3O4S. The van der Waals surface area contributed by atoms with Gasteiger partial charge in [0, 0.05) is 37.8 Å². The number of anilines is 2. The Morgan fingerprint density at radius 3 is 2.36 bits per heavy atom. The van der Waals surface area contributed by atoms with Crippen LogP contribution in [0.5, 0.6) is 0 Å². The van der Waals surface area contributed by atoms with Gasteiger partial charge in [0.05, 0.1) is 16.5 Å². The summed E-state index contributed by atoms with van der Waals surface area (Å²) >= 11 is 0. The van der Waals surface area contributed by atoms with E-state index < -0.39 is 33.5 Å². The van der Waals surface area contributed by atoms with E-state index in [0.717, 1.165) is 25.0 Å². The second kappa shape index (κ2) is 9.18. The summed E-state index contributed by atoms with van der Waals surface area (Å²) in [5.41, 5.74) is 0.323. The van der Waals surface area contributed by atoms with Crippen molar-refractivity contribution < 1.29 is 26.8 Å². The third-order valence-corrected chi connectivity index (χ3v) is 8.13. The van der Waals surface area contributed by atoms with E-state index in [2.05, 4.69) is 12.2 Å². The summed E-state index contributed by atoms with van der Waals surface area (Å²) in [6.07, 6.45) is 1.58. The average molecular weight is 478 g/mol. The number of nitrogens with zero attached hydrogens (tertiary/aromatic N) is 2. The Bertz CT molecular complexity index is 1160. The number of halogens is 2. The summed E-state index contributed by atoms with van der Waals surface area (Å²) in [5.74, 6) is -2.71. The van der Waals surface area contributed by atoms with Gasteiger partial charge in [0.1, 0.15) is 11.6 Å². The smallest absolute Gasteiger partial charge is 0.243 e. The molecule has 10 heteroatoms. The Labute approximate surface area is 191 Å².